The Morgan fingerprint density at radius 3 is 2.56 bits per heavy atom. The first-order valence-electron chi connectivity index (χ1n) is 2.71. The Kier molecular flexibility index (Phi) is 2.18. The normalized spacial score (nSPS) is 25.6. The molecule has 1 aliphatic rings. The van der Waals surface area contributed by atoms with Crippen molar-refractivity contribution < 1.29 is 13.9 Å². The number of hydrogen-bond acceptors (Lipinski definition) is 2. The van der Waals surface area contributed by atoms with Crippen LogP contribution in [0.4, 0.5) is 0 Å². The zero-order valence-electron chi connectivity index (χ0n) is 4.86. The molecule has 1 aliphatic heterocycles. The molecule has 5 heteroatoms. The number of nitrogens with zero attached hydrogens (tertiary/aromatic N) is 1. The van der Waals surface area contributed by atoms with Crippen molar-refractivity contribution in [2.75, 3.05) is 19.7 Å². The molecule has 1 fully saturated rings. The predicted octanol–water partition coefficient (Wildman–Crippen LogP) is -0.953. The fourth-order valence-electron chi connectivity index (χ4n) is 0.765. The molecule has 0 bridgehead atoms. The van der Waals surface area contributed by atoms with Gasteiger partial charge >= 0.3 is 0 Å². The molecular formula is C4H9NO3S. The Labute approximate surface area is 55.9 Å². The van der Waals surface area contributed by atoms with E-state index in [4.69, 9.17) is 9.66 Å². The van der Waals surface area contributed by atoms with Crippen LogP contribution in [0.1, 0.15) is 0 Å². The van der Waals surface area contributed by atoms with Gasteiger partial charge in [0, 0.05) is 25.6 Å². The van der Waals surface area contributed by atoms with Crippen molar-refractivity contribution >= 4 is 11.3 Å². The SMILES string of the molecule is O=S(O)N1CC(CO)C1. The summed E-state index contributed by atoms with van der Waals surface area (Å²) in [6.07, 6.45) is 0. The van der Waals surface area contributed by atoms with Crippen LogP contribution in [0.3, 0.4) is 0 Å². The highest BCUT2D eigenvalue weighted by Gasteiger charge is 2.29. The van der Waals surface area contributed by atoms with E-state index in [9.17, 15) is 4.21 Å². The summed E-state index contributed by atoms with van der Waals surface area (Å²) >= 11 is -1.82. The highest BCUT2D eigenvalue weighted by Crippen LogP contribution is 2.14. The van der Waals surface area contributed by atoms with Gasteiger partial charge in [-0.25, -0.2) is 8.51 Å². The Morgan fingerprint density at radius 2 is 2.22 bits per heavy atom. The predicted molar refractivity (Wildman–Crippen MR) is 32.9 cm³/mol. The van der Waals surface area contributed by atoms with Gasteiger partial charge in [-0.2, -0.15) is 0 Å². The first-order chi connectivity index (χ1) is 4.24. The minimum atomic E-state index is -1.82. The second-order valence-electron chi connectivity index (χ2n) is 2.13. The molecule has 0 spiro atoms. The Bertz CT molecular complexity index is 123. The average molecular weight is 151 g/mol. The van der Waals surface area contributed by atoms with Gasteiger partial charge in [-0.1, -0.05) is 0 Å². The van der Waals surface area contributed by atoms with Gasteiger partial charge in [-0.05, 0) is 0 Å². The van der Waals surface area contributed by atoms with E-state index in [0.29, 0.717) is 13.1 Å². The third-order valence-electron chi connectivity index (χ3n) is 1.40. The van der Waals surface area contributed by atoms with E-state index < -0.39 is 11.3 Å². The second kappa shape index (κ2) is 2.74. The van der Waals surface area contributed by atoms with Crippen molar-refractivity contribution in [1.29, 1.82) is 0 Å². The maximum atomic E-state index is 10.2. The molecule has 1 saturated heterocycles. The van der Waals surface area contributed by atoms with Crippen LogP contribution in [0, 0.1) is 5.92 Å². The minimum absolute atomic E-state index is 0.119. The molecule has 54 valence electrons. The van der Waals surface area contributed by atoms with Crippen molar-refractivity contribution in [3.8, 4) is 0 Å². The van der Waals surface area contributed by atoms with E-state index in [-0.39, 0.29) is 12.5 Å². The zero-order chi connectivity index (χ0) is 6.85. The van der Waals surface area contributed by atoms with E-state index in [1.165, 1.54) is 4.31 Å². The van der Waals surface area contributed by atoms with E-state index in [0.717, 1.165) is 0 Å². The highest BCUT2D eigenvalue weighted by molar-refractivity contribution is 7.76. The van der Waals surface area contributed by atoms with E-state index >= 15 is 0 Å². The number of rotatable bonds is 2. The van der Waals surface area contributed by atoms with Crippen molar-refractivity contribution in [2.24, 2.45) is 5.92 Å². The summed E-state index contributed by atoms with van der Waals surface area (Å²) in [6, 6.07) is 0. The smallest absolute Gasteiger partial charge is 0.234 e. The summed E-state index contributed by atoms with van der Waals surface area (Å²) in [4.78, 5) is 0. The van der Waals surface area contributed by atoms with Crippen LogP contribution in [0.15, 0.2) is 0 Å². The van der Waals surface area contributed by atoms with Crippen LogP contribution in [0.5, 0.6) is 0 Å². The standard InChI is InChI=1S/C4H9NO3S/c6-3-4-1-5(2-4)9(7)8/h4,6H,1-3H2,(H,7,8). The summed E-state index contributed by atoms with van der Waals surface area (Å²) in [5, 5.41) is 8.48. The maximum Gasteiger partial charge on any atom is 0.234 e. The molecule has 4 nitrogen and oxygen atoms in total. The topological polar surface area (TPSA) is 60.8 Å². The molecule has 2 N–H and O–H groups in total. The van der Waals surface area contributed by atoms with Gasteiger partial charge in [-0.15, -0.1) is 0 Å². The summed E-state index contributed by atoms with van der Waals surface area (Å²) < 4.78 is 20.0. The molecule has 1 rings (SSSR count). The fourth-order valence-corrected chi connectivity index (χ4v) is 1.44. The summed E-state index contributed by atoms with van der Waals surface area (Å²) in [5.41, 5.74) is 0. The molecule has 1 atom stereocenters. The molecule has 1 unspecified atom stereocenters. The zero-order valence-corrected chi connectivity index (χ0v) is 5.67. The van der Waals surface area contributed by atoms with Crippen molar-refractivity contribution in [1.82, 2.24) is 4.31 Å². The van der Waals surface area contributed by atoms with Gasteiger partial charge in [0.2, 0.25) is 11.3 Å². The number of hydrogen-bond donors (Lipinski definition) is 2. The van der Waals surface area contributed by atoms with Gasteiger partial charge in [0.25, 0.3) is 0 Å². The first kappa shape index (κ1) is 7.14. The van der Waals surface area contributed by atoms with Crippen LogP contribution in [-0.2, 0) is 11.3 Å². The fraction of sp³-hybridized carbons (Fsp3) is 1.00. The van der Waals surface area contributed by atoms with Gasteiger partial charge in [-0.3, -0.25) is 4.55 Å². The van der Waals surface area contributed by atoms with E-state index in [2.05, 4.69) is 0 Å². The summed E-state index contributed by atoms with van der Waals surface area (Å²) in [5.74, 6) is 0.209. The third-order valence-corrected chi connectivity index (χ3v) is 2.14. The van der Waals surface area contributed by atoms with Crippen LogP contribution in [-0.4, -0.2) is 37.9 Å². The molecule has 0 radical (unpaired) electrons. The highest BCUT2D eigenvalue weighted by atomic mass is 32.2. The lowest BCUT2D eigenvalue weighted by Gasteiger charge is -2.34. The average Bonchev–Trinajstić information content (AvgIpc) is 1.61. The van der Waals surface area contributed by atoms with Crippen LogP contribution < -0.4 is 0 Å². The molecule has 9 heavy (non-hydrogen) atoms. The third kappa shape index (κ3) is 1.48. The Balaban J connectivity index is 2.19. The lowest BCUT2D eigenvalue weighted by molar-refractivity contribution is 0.116. The molecule has 0 aromatic carbocycles. The summed E-state index contributed by atoms with van der Waals surface area (Å²) in [7, 11) is 0. The van der Waals surface area contributed by atoms with Crippen LogP contribution in [0.2, 0.25) is 0 Å². The minimum Gasteiger partial charge on any atom is -0.396 e. The number of aliphatic hydroxyl groups is 1. The monoisotopic (exact) mass is 151 g/mol. The van der Waals surface area contributed by atoms with Gasteiger partial charge in [0.15, 0.2) is 0 Å². The molecule has 0 aliphatic carbocycles. The molecule has 0 aromatic rings. The number of aliphatic hydroxyl groups excluding tert-OH is 1. The molecular weight excluding hydrogens is 142 g/mol. The lowest BCUT2D eigenvalue weighted by Crippen LogP contribution is -2.48. The maximum absolute atomic E-state index is 10.2. The van der Waals surface area contributed by atoms with Crippen molar-refractivity contribution in [3.05, 3.63) is 0 Å². The summed E-state index contributed by atoms with van der Waals surface area (Å²) in [6.45, 7) is 1.20. The Hall–Kier alpha value is 0.0300. The van der Waals surface area contributed by atoms with Crippen LogP contribution >= 0.6 is 0 Å². The molecule has 0 aromatic heterocycles. The van der Waals surface area contributed by atoms with Gasteiger partial charge < -0.3 is 5.11 Å². The quantitative estimate of drug-likeness (QED) is 0.500. The molecule has 0 amide bonds. The molecule has 1 heterocycles. The van der Waals surface area contributed by atoms with Crippen LogP contribution in [0.25, 0.3) is 0 Å². The van der Waals surface area contributed by atoms with E-state index in [1.54, 1.807) is 0 Å². The van der Waals surface area contributed by atoms with E-state index in [1.807, 2.05) is 0 Å². The molecule has 0 saturated carbocycles. The largest absolute Gasteiger partial charge is 0.396 e. The Morgan fingerprint density at radius 1 is 1.67 bits per heavy atom. The second-order valence-corrected chi connectivity index (χ2v) is 3.10. The van der Waals surface area contributed by atoms with Crippen molar-refractivity contribution in [2.45, 2.75) is 0 Å². The van der Waals surface area contributed by atoms with Gasteiger partial charge in [0.05, 0.1) is 0 Å². The lowest BCUT2D eigenvalue weighted by atomic mass is 10.1. The van der Waals surface area contributed by atoms with Gasteiger partial charge in [0.1, 0.15) is 0 Å². The first-order valence-corrected chi connectivity index (χ1v) is 3.77. The van der Waals surface area contributed by atoms with Crippen molar-refractivity contribution in [3.63, 3.8) is 0 Å².